The van der Waals surface area contributed by atoms with E-state index in [4.69, 9.17) is 0 Å². The van der Waals surface area contributed by atoms with E-state index < -0.39 is 0 Å². The first-order chi connectivity index (χ1) is 12.5. The average Bonchev–Trinajstić information content (AvgIpc) is 3.00. The molecule has 0 aliphatic heterocycles. The molecule has 1 N–H and O–H groups in total. The zero-order valence-corrected chi connectivity index (χ0v) is 16.3. The van der Waals surface area contributed by atoms with Gasteiger partial charge >= 0.3 is 0 Å². The predicted molar refractivity (Wildman–Crippen MR) is 105 cm³/mol. The Hall–Kier alpha value is -1.15. The smallest absolute Gasteiger partial charge is 0.0577 e. The summed E-state index contributed by atoms with van der Waals surface area (Å²) in [5, 5.41) is 10.2. The van der Waals surface area contributed by atoms with Crippen molar-refractivity contribution in [2.24, 2.45) is 28.6 Å². The lowest BCUT2D eigenvalue weighted by Gasteiger charge is -2.58. The minimum atomic E-state index is -0.0961. The first-order valence-electron chi connectivity index (χ1n) is 10.8. The Kier molecular flexibility index (Phi) is 3.87. The van der Waals surface area contributed by atoms with Gasteiger partial charge in [0.05, 0.1) is 6.10 Å². The summed E-state index contributed by atoms with van der Waals surface area (Å²) in [7, 11) is 0. The molecule has 3 saturated carbocycles. The first-order valence-corrected chi connectivity index (χ1v) is 10.8. The van der Waals surface area contributed by atoms with Crippen molar-refractivity contribution < 1.29 is 5.11 Å². The molecule has 1 aromatic heterocycles. The molecule has 0 bridgehead atoms. The van der Waals surface area contributed by atoms with E-state index >= 15 is 0 Å². The second-order valence-corrected chi connectivity index (χ2v) is 10.1. The second-order valence-electron chi connectivity index (χ2n) is 10.1. The highest BCUT2D eigenvalue weighted by atomic mass is 16.3. The molecular weight excluding hydrogens is 318 g/mol. The Balaban J connectivity index is 1.47. The van der Waals surface area contributed by atoms with Gasteiger partial charge in [0.1, 0.15) is 0 Å². The van der Waals surface area contributed by atoms with Gasteiger partial charge < -0.3 is 5.11 Å². The molecule has 0 saturated heterocycles. The summed E-state index contributed by atoms with van der Waals surface area (Å²) in [6, 6.07) is 4.42. The highest BCUT2D eigenvalue weighted by molar-refractivity contribution is 5.28. The lowest BCUT2D eigenvalue weighted by molar-refractivity contribution is -0.0409. The van der Waals surface area contributed by atoms with Gasteiger partial charge in [0, 0.05) is 12.4 Å². The summed E-state index contributed by atoms with van der Waals surface area (Å²) in [5.41, 5.74) is 3.86. The van der Waals surface area contributed by atoms with E-state index in [0.717, 1.165) is 30.6 Å². The van der Waals surface area contributed by atoms with E-state index in [2.05, 4.69) is 43.2 Å². The van der Waals surface area contributed by atoms with Crippen LogP contribution in [0.15, 0.2) is 36.2 Å². The maximum absolute atomic E-state index is 10.2. The van der Waals surface area contributed by atoms with Gasteiger partial charge in [-0.1, -0.05) is 31.6 Å². The molecule has 0 amide bonds. The number of pyridine rings is 1. The number of rotatable bonds is 1. The van der Waals surface area contributed by atoms with Gasteiger partial charge in [0.15, 0.2) is 0 Å². The van der Waals surface area contributed by atoms with Crippen LogP contribution in [-0.4, -0.2) is 16.2 Å². The van der Waals surface area contributed by atoms with E-state index in [1.165, 1.54) is 44.1 Å². The summed E-state index contributed by atoms with van der Waals surface area (Å²) < 4.78 is 0. The molecule has 1 aromatic rings. The normalized spacial score (nSPS) is 47.5. The predicted octanol–water partition coefficient (Wildman–Crippen LogP) is 5.49. The maximum atomic E-state index is 10.2. The van der Waals surface area contributed by atoms with Crippen LogP contribution in [0.2, 0.25) is 0 Å². The fraction of sp³-hybridized carbons (Fsp3) is 0.708. The van der Waals surface area contributed by atoms with Crippen molar-refractivity contribution in [2.45, 2.75) is 77.2 Å². The van der Waals surface area contributed by atoms with Gasteiger partial charge in [-0.3, -0.25) is 4.98 Å². The first kappa shape index (κ1) is 17.0. The molecule has 5 rings (SSSR count). The largest absolute Gasteiger partial charge is 0.393 e. The van der Waals surface area contributed by atoms with Crippen molar-refractivity contribution in [3.05, 3.63) is 41.7 Å². The molecule has 0 aromatic carbocycles. The average molecular weight is 352 g/mol. The van der Waals surface area contributed by atoms with Crippen LogP contribution < -0.4 is 0 Å². The van der Waals surface area contributed by atoms with Crippen molar-refractivity contribution >= 4 is 0 Å². The van der Waals surface area contributed by atoms with Crippen molar-refractivity contribution in [2.75, 3.05) is 0 Å². The van der Waals surface area contributed by atoms with Crippen LogP contribution in [0, 0.1) is 28.6 Å². The number of fused-ring (bicyclic) bond motifs is 5. The summed E-state index contributed by atoms with van der Waals surface area (Å²) in [4.78, 5) is 4.42. The number of hydrogen-bond donors (Lipinski definition) is 1. The van der Waals surface area contributed by atoms with Crippen LogP contribution in [0.25, 0.3) is 0 Å². The highest BCUT2D eigenvalue weighted by Gasteiger charge is 2.58. The monoisotopic (exact) mass is 351 g/mol. The van der Waals surface area contributed by atoms with Crippen LogP contribution in [0.4, 0.5) is 0 Å². The van der Waals surface area contributed by atoms with Crippen LogP contribution in [0.3, 0.4) is 0 Å². The van der Waals surface area contributed by atoms with Gasteiger partial charge in [0.25, 0.3) is 0 Å². The summed E-state index contributed by atoms with van der Waals surface area (Å²) in [5.74, 6) is 3.22. The molecule has 2 nitrogen and oxygen atoms in total. The number of aliphatic hydroxyl groups excluding tert-OH is 1. The molecule has 0 radical (unpaired) electrons. The van der Waals surface area contributed by atoms with Gasteiger partial charge in [-0.15, -0.1) is 0 Å². The third kappa shape index (κ3) is 2.30. The molecule has 0 spiro atoms. The maximum Gasteiger partial charge on any atom is 0.0577 e. The molecule has 4 aliphatic rings. The van der Waals surface area contributed by atoms with E-state index in [0.29, 0.717) is 16.7 Å². The summed E-state index contributed by atoms with van der Waals surface area (Å²) >= 11 is 0. The number of hydrogen-bond acceptors (Lipinski definition) is 2. The van der Waals surface area contributed by atoms with Gasteiger partial charge in [-0.05, 0) is 97.5 Å². The molecule has 4 unspecified atom stereocenters. The van der Waals surface area contributed by atoms with E-state index in [-0.39, 0.29) is 6.10 Å². The van der Waals surface area contributed by atoms with E-state index in [9.17, 15) is 5.11 Å². The van der Waals surface area contributed by atoms with Gasteiger partial charge in [-0.2, -0.15) is 0 Å². The van der Waals surface area contributed by atoms with Crippen LogP contribution in [0.1, 0.15) is 76.7 Å². The Bertz CT molecular complexity index is 712. The second kappa shape index (κ2) is 5.92. The van der Waals surface area contributed by atoms with Crippen molar-refractivity contribution in [1.82, 2.24) is 4.98 Å². The number of allylic oxidation sites excluding steroid dienone is 1. The zero-order valence-electron chi connectivity index (χ0n) is 16.3. The molecule has 1 heterocycles. The standard InChI is InChI=1S/C24H33NO/c1-23-11-9-18(26)14-17(23)5-6-19-21-8-7-20(16-4-3-13-25-15-16)24(21,2)12-10-22(19)23/h3-5,13,15,18-22,26H,6-12,14H2,1-2H3/t18-,19?,20?,21?,22?,23-,24+/m0/s1. The van der Waals surface area contributed by atoms with Crippen LogP contribution in [0.5, 0.6) is 0 Å². The van der Waals surface area contributed by atoms with E-state index in [1.54, 1.807) is 5.57 Å². The quantitative estimate of drug-likeness (QED) is 0.679. The minimum absolute atomic E-state index is 0.0961. The lowest BCUT2D eigenvalue weighted by atomic mass is 9.47. The molecule has 3 fully saturated rings. The minimum Gasteiger partial charge on any atom is -0.393 e. The third-order valence-corrected chi connectivity index (χ3v) is 9.16. The van der Waals surface area contributed by atoms with Crippen LogP contribution in [-0.2, 0) is 0 Å². The number of nitrogens with zero attached hydrogens (tertiary/aromatic N) is 1. The molecule has 7 atom stereocenters. The Morgan fingerprint density at radius 2 is 1.96 bits per heavy atom. The Morgan fingerprint density at radius 3 is 2.77 bits per heavy atom. The zero-order chi connectivity index (χ0) is 17.9. The van der Waals surface area contributed by atoms with E-state index in [1.807, 2.05) is 6.20 Å². The highest BCUT2D eigenvalue weighted by Crippen LogP contribution is 2.67. The fourth-order valence-electron chi connectivity index (χ4n) is 7.77. The number of aliphatic hydroxyl groups is 1. The summed E-state index contributed by atoms with van der Waals surface area (Å²) in [6.45, 7) is 5.11. The SMILES string of the molecule is C[C@]12CCC3C(CC=C4C[C@@H](O)CC[C@@]43C)C1CCC2c1cccnc1. The Morgan fingerprint density at radius 1 is 1.08 bits per heavy atom. The Labute approximate surface area is 158 Å². The third-order valence-electron chi connectivity index (χ3n) is 9.16. The molecule has 140 valence electrons. The summed E-state index contributed by atoms with van der Waals surface area (Å²) in [6.07, 6.45) is 16.3. The van der Waals surface area contributed by atoms with Crippen molar-refractivity contribution in [3.63, 3.8) is 0 Å². The number of aromatic nitrogens is 1. The molecular formula is C24H33NO. The van der Waals surface area contributed by atoms with Gasteiger partial charge in [0.2, 0.25) is 0 Å². The fourth-order valence-corrected chi connectivity index (χ4v) is 7.77. The molecule has 4 aliphatic carbocycles. The molecule has 26 heavy (non-hydrogen) atoms. The van der Waals surface area contributed by atoms with Gasteiger partial charge in [-0.25, -0.2) is 0 Å². The topological polar surface area (TPSA) is 33.1 Å². The lowest BCUT2D eigenvalue weighted by Crippen LogP contribution is -2.50. The van der Waals surface area contributed by atoms with Crippen molar-refractivity contribution in [3.8, 4) is 0 Å². The van der Waals surface area contributed by atoms with Crippen molar-refractivity contribution in [1.29, 1.82) is 0 Å². The molecule has 2 heteroatoms. The van der Waals surface area contributed by atoms with Crippen LogP contribution >= 0.6 is 0 Å².